The molecule has 1 saturated heterocycles. The lowest BCUT2D eigenvalue weighted by Gasteiger charge is -2.35. The third-order valence-electron chi connectivity index (χ3n) is 2.69. The molecule has 0 saturated carbocycles. The number of furan rings is 1. The van der Waals surface area contributed by atoms with E-state index in [2.05, 4.69) is 10.1 Å². The Morgan fingerprint density at radius 2 is 2.31 bits per heavy atom. The van der Waals surface area contributed by atoms with Gasteiger partial charge in [-0.3, -0.25) is 4.90 Å². The predicted molar refractivity (Wildman–Crippen MR) is 57.5 cm³/mol. The lowest BCUT2D eigenvalue weighted by Crippen LogP contribution is -2.54. The second-order valence-electron chi connectivity index (χ2n) is 4.11. The fourth-order valence-corrected chi connectivity index (χ4v) is 1.89. The summed E-state index contributed by atoms with van der Waals surface area (Å²) in [7, 11) is 0. The Hall–Kier alpha value is -1.59. The number of nitrogens with two attached hydrogens (primary N) is 1. The highest BCUT2D eigenvalue weighted by atomic mass is 16.5. The molecule has 0 unspecified atom stereocenters. The summed E-state index contributed by atoms with van der Waals surface area (Å²) in [5, 5.41) is 4.00. The fourth-order valence-electron chi connectivity index (χ4n) is 1.89. The van der Waals surface area contributed by atoms with E-state index in [1.54, 1.807) is 6.26 Å². The minimum absolute atomic E-state index is 0.316. The summed E-state index contributed by atoms with van der Waals surface area (Å²) < 4.78 is 10.4. The topological polar surface area (TPSA) is 68.4 Å². The van der Waals surface area contributed by atoms with E-state index in [0.29, 0.717) is 17.6 Å². The van der Waals surface area contributed by atoms with Crippen molar-refractivity contribution in [3.8, 4) is 11.5 Å². The summed E-state index contributed by atoms with van der Waals surface area (Å²) in [5.41, 5.74) is 6.62. The quantitative estimate of drug-likeness (QED) is 0.836. The van der Waals surface area contributed by atoms with Crippen molar-refractivity contribution in [1.29, 1.82) is 0 Å². The zero-order chi connectivity index (χ0) is 11.0. The monoisotopic (exact) mass is 219 g/mol. The molecule has 0 aliphatic carbocycles. The number of hydrogen-bond acceptors (Lipinski definition) is 5. The minimum Gasteiger partial charge on any atom is -0.461 e. The molecule has 0 amide bonds. The van der Waals surface area contributed by atoms with Crippen LogP contribution in [0.5, 0.6) is 0 Å². The first-order valence-electron chi connectivity index (χ1n) is 5.28. The minimum atomic E-state index is 0.316. The van der Waals surface area contributed by atoms with E-state index in [9.17, 15) is 0 Å². The molecule has 84 valence electrons. The molecule has 1 aliphatic rings. The Balaban J connectivity index is 1.69. The number of aromatic nitrogens is 1. The van der Waals surface area contributed by atoms with Crippen molar-refractivity contribution in [1.82, 2.24) is 10.1 Å². The molecule has 2 N–H and O–H groups in total. The lowest BCUT2D eigenvalue weighted by atomic mass is 10.1. The molecule has 1 aliphatic heterocycles. The predicted octanol–water partition coefficient (Wildman–Crippen LogP) is 1.08. The fraction of sp³-hybridized carbons (Fsp3) is 0.364. The van der Waals surface area contributed by atoms with Gasteiger partial charge in [-0.15, -0.1) is 0 Å². The molecule has 0 spiro atoms. The van der Waals surface area contributed by atoms with Gasteiger partial charge in [0.2, 0.25) is 5.76 Å². The molecule has 1 fully saturated rings. The molecular weight excluding hydrogens is 206 g/mol. The van der Waals surface area contributed by atoms with Gasteiger partial charge in [-0.05, 0) is 12.1 Å². The molecular formula is C11H13N3O2. The number of likely N-dealkylation sites (tertiary alicyclic amines) is 1. The third kappa shape index (κ3) is 1.75. The Morgan fingerprint density at radius 3 is 3.00 bits per heavy atom. The van der Waals surface area contributed by atoms with E-state index in [4.69, 9.17) is 14.7 Å². The van der Waals surface area contributed by atoms with Gasteiger partial charge in [0.15, 0.2) is 5.76 Å². The largest absolute Gasteiger partial charge is 0.461 e. The van der Waals surface area contributed by atoms with Gasteiger partial charge in [0.05, 0.1) is 12.0 Å². The maximum Gasteiger partial charge on any atom is 0.202 e. The van der Waals surface area contributed by atoms with Crippen LogP contribution in [0.25, 0.3) is 11.5 Å². The van der Waals surface area contributed by atoms with Gasteiger partial charge in [-0.25, -0.2) is 0 Å². The van der Waals surface area contributed by atoms with Gasteiger partial charge in [0, 0.05) is 31.7 Å². The van der Waals surface area contributed by atoms with Gasteiger partial charge in [-0.1, -0.05) is 5.16 Å². The van der Waals surface area contributed by atoms with E-state index in [1.807, 2.05) is 18.2 Å². The van der Waals surface area contributed by atoms with Gasteiger partial charge in [-0.2, -0.15) is 0 Å². The summed E-state index contributed by atoms with van der Waals surface area (Å²) in [5.74, 6) is 1.38. The van der Waals surface area contributed by atoms with E-state index in [1.165, 1.54) is 0 Å². The first kappa shape index (κ1) is 9.62. The summed E-state index contributed by atoms with van der Waals surface area (Å²) in [6, 6.07) is 5.90. The van der Waals surface area contributed by atoms with Crippen LogP contribution >= 0.6 is 0 Å². The second-order valence-corrected chi connectivity index (χ2v) is 4.11. The van der Waals surface area contributed by atoms with Crippen molar-refractivity contribution < 1.29 is 8.94 Å². The maximum atomic E-state index is 5.70. The van der Waals surface area contributed by atoms with Crippen molar-refractivity contribution >= 4 is 0 Å². The van der Waals surface area contributed by atoms with Crippen molar-refractivity contribution in [3.63, 3.8) is 0 Å². The summed E-state index contributed by atoms with van der Waals surface area (Å²) >= 11 is 0. The average Bonchev–Trinajstić information content (AvgIpc) is 2.84. The smallest absolute Gasteiger partial charge is 0.202 e. The maximum absolute atomic E-state index is 5.70. The van der Waals surface area contributed by atoms with Crippen LogP contribution in [-0.4, -0.2) is 29.2 Å². The van der Waals surface area contributed by atoms with Gasteiger partial charge in [0.1, 0.15) is 0 Å². The molecule has 0 aromatic carbocycles. The van der Waals surface area contributed by atoms with E-state index in [-0.39, 0.29) is 0 Å². The van der Waals surface area contributed by atoms with Crippen LogP contribution in [0.15, 0.2) is 33.4 Å². The standard InChI is InChI=1S/C11H13N3O2/c12-8-5-14(6-8)7-9-4-11(16-13-9)10-2-1-3-15-10/h1-4,8H,5-7,12H2. The molecule has 5 nitrogen and oxygen atoms in total. The highest BCUT2D eigenvalue weighted by molar-refractivity contribution is 5.49. The molecule has 2 aromatic rings. The SMILES string of the molecule is NC1CN(Cc2cc(-c3ccco3)on2)C1. The van der Waals surface area contributed by atoms with E-state index < -0.39 is 0 Å². The highest BCUT2D eigenvalue weighted by Crippen LogP contribution is 2.21. The van der Waals surface area contributed by atoms with Crippen LogP contribution in [0, 0.1) is 0 Å². The van der Waals surface area contributed by atoms with Gasteiger partial charge >= 0.3 is 0 Å². The van der Waals surface area contributed by atoms with Crippen LogP contribution < -0.4 is 5.73 Å². The second kappa shape index (κ2) is 3.77. The molecule has 16 heavy (non-hydrogen) atoms. The molecule has 2 aromatic heterocycles. The third-order valence-corrected chi connectivity index (χ3v) is 2.69. The van der Waals surface area contributed by atoms with E-state index >= 15 is 0 Å². The molecule has 5 heteroatoms. The van der Waals surface area contributed by atoms with Gasteiger partial charge in [0.25, 0.3) is 0 Å². The van der Waals surface area contributed by atoms with Crippen LogP contribution in [0.3, 0.4) is 0 Å². The number of hydrogen-bond donors (Lipinski definition) is 1. The summed E-state index contributed by atoms with van der Waals surface area (Å²) in [6.45, 7) is 2.66. The molecule has 0 bridgehead atoms. The molecule has 0 radical (unpaired) electrons. The van der Waals surface area contributed by atoms with Gasteiger partial charge < -0.3 is 14.7 Å². The first-order chi connectivity index (χ1) is 7.81. The van der Waals surface area contributed by atoms with Crippen molar-refractivity contribution in [3.05, 3.63) is 30.2 Å². The molecule has 0 atom stereocenters. The highest BCUT2D eigenvalue weighted by Gasteiger charge is 2.24. The van der Waals surface area contributed by atoms with E-state index in [0.717, 1.165) is 25.3 Å². The van der Waals surface area contributed by atoms with Crippen LogP contribution in [0.1, 0.15) is 5.69 Å². The van der Waals surface area contributed by atoms with Crippen molar-refractivity contribution in [2.24, 2.45) is 5.73 Å². The lowest BCUT2D eigenvalue weighted by molar-refractivity contribution is 0.139. The zero-order valence-corrected chi connectivity index (χ0v) is 8.80. The molecule has 3 rings (SSSR count). The molecule has 3 heterocycles. The Bertz CT molecular complexity index is 457. The normalized spacial score (nSPS) is 17.6. The van der Waals surface area contributed by atoms with Crippen molar-refractivity contribution in [2.75, 3.05) is 13.1 Å². The van der Waals surface area contributed by atoms with Crippen molar-refractivity contribution in [2.45, 2.75) is 12.6 Å². The Kier molecular flexibility index (Phi) is 2.27. The average molecular weight is 219 g/mol. The first-order valence-corrected chi connectivity index (χ1v) is 5.28. The van der Waals surface area contributed by atoms with Crippen LogP contribution in [0.4, 0.5) is 0 Å². The summed E-state index contributed by atoms with van der Waals surface area (Å²) in [6.07, 6.45) is 1.62. The Labute approximate surface area is 92.8 Å². The zero-order valence-electron chi connectivity index (χ0n) is 8.80. The summed E-state index contributed by atoms with van der Waals surface area (Å²) in [4.78, 5) is 2.23. The Morgan fingerprint density at radius 1 is 1.44 bits per heavy atom. The number of rotatable bonds is 3. The van der Waals surface area contributed by atoms with Crippen LogP contribution in [-0.2, 0) is 6.54 Å². The number of nitrogens with zero attached hydrogens (tertiary/aromatic N) is 2. The van der Waals surface area contributed by atoms with Crippen LogP contribution in [0.2, 0.25) is 0 Å².